The molecule has 0 aromatic rings. The number of carboxylic acids is 1. The molecular weight excluding hydrogens is 304 g/mol. The SMILES string of the molecule is CC(C)[C@]1(O)C=C2C(=O)C[C@H]3[C@@](C)(CCC[C@@]3(C)C(=O)O)[C@H]2CC1. The van der Waals surface area contributed by atoms with E-state index in [0.29, 0.717) is 19.3 Å². The van der Waals surface area contributed by atoms with Gasteiger partial charge in [0.05, 0.1) is 11.0 Å². The third kappa shape index (κ3) is 2.29. The van der Waals surface area contributed by atoms with E-state index >= 15 is 0 Å². The average molecular weight is 334 g/mol. The molecule has 5 atom stereocenters. The van der Waals surface area contributed by atoms with E-state index in [1.807, 2.05) is 26.8 Å². The van der Waals surface area contributed by atoms with Gasteiger partial charge in [0.1, 0.15) is 0 Å². The number of carbonyl (C=O) groups excluding carboxylic acids is 1. The van der Waals surface area contributed by atoms with Crippen molar-refractivity contribution in [3.05, 3.63) is 11.6 Å². The van der Waals surface area contributed by atoms with Crippen LogP contribution in [0.15, 0.2) is 11.6 Å². The molecule has 24 heavy (non-hydrogen) atoms. The van der Waals surface area contributed by atoms with E-state index < -0.39 is 17.0 Å². The molecule has 3 aliphatic carbocycles. The van der Waals surface area contributed by atoms with Crippen molar-refractivity contribution in [1.82, 2.24) is 0 Å². The van der Waals surface area contributed by atoms with Crippen LogP contribution in [-0.4, -0.2) is 27.6 Å². The third-order valence-corrected chi connectivity index (χ3v) is 7.59. The van der Waals surface area contributed by atoms with E-state index in [2.05, 4.69) is 6.92 Å². The number of hydrogen-bond acceptors (Lipinski definition) is 3. The van der Waals surface area contributed by atoms with Gasteiger partial charge in [-0.1, -0.05) is 27.2 Å². The molecule has 0 bridgehead atoms. The summed E-state index contributed by atoms with van der Waals surface area (Å²) < 4.78 is 0. The summed E-state index contributed by atoms with van der Waals surface area (Å²) in [7, 11) is 0. The van der Waals surface area contributed by atoms with Crippen molar-refractivity contribution in [1.29, 1.82) is 0 Å². The summed E-state index contributed by atoms with van der Waals surface area (Å²) in [5.41, 5.74) is -1.12. The summed E-state index contributed by atoms with van der Waals surface area (Å²) in [5, 5.41) is 20.7. The minimum absolute atomic E-state index is 0.0515. The summed E-state index contributed by atoms with van der Waals surface area (Å²) in [5.74, 6) is -0.679. The van der Waals surface area contributed by atoms with Crippen molar-refractivity contribution in [2.75, 3.05) is 0 Å². The number of fused-ring (bicyclic) bond motifs is 3. The second-order valence-electron chi connectivity index (χ2n) is 9.10. The van der Waals surface area contributed by atoms with Crippen molar-refractivity contribution in [2.45, 2.75) is 71.8 Å². The second-order valence-corrected chi connectivity index (χ2v) is 9.10. The zero-order valence-electron chi connectivity index (χ0n) is 15.3. The van der Waals surface area contributed by atoms with Crippen molar-refractivity contribution < 1.29 is 19.8 Å². The van der Waals surface area contributed by atoms with Gasteiger partial charge in [-0.05, 0) is 67.4 Å². The Morgan fingerprint density at radius 1 is 1.25 bits per heavy atom. The highest BCUT2D eigenvalue weighted by Gasteiger charge is 2.60. The molecule has 0 unspecified atom stereocenters. The standard InChI is InChI=1S/C20H30O4/c1-12(2)20(24)9-6-14-13(11-20)15(21)10-16-18(14,3)7-5-8-19(16,4)17(22)23/h11-12,14,16,24H,5-10H2,1-4H3,(H,22,23)/t14-,16-,18-,19+,20+/m0/s1. The molecule has 2 N–H and O–H groups in total. The van der Waals surface area contributed by atoms with E-state index in [1.54, 1.807) is 0 Å². The van der Waals surface area contributed by atoms with E-state index in [4.69, 9.17) is 0 Å². The van der Waals surface area contributed by atoms with E-state index in [0.717, 1.165) is 24.8 Å². The summed E-state index contributed by atoms with van der Waals surface area (Å²) in [6.07, 6.45) is 6.06. The maximum absolute atomic E-state index is 12.9. The first kappa shape index (κ1) is 17.7. The molecular formula is C20H30O4. The Balaban J connectivity index is 2.05. The fourth-order valence-electron chi connectivity index (χ4n) is 5.74. The van der Waals surface area contributed by atoms with Crippen LogP contribution in [0.4, 0.5) is 0 Å². The molecule has 4 heteroatoms. The zero-order valence-corrected chi connectivity index (χ0v) is 15.3. The lowest BCUT2D eigenvalue weighted by Gasteiger charge is -2.58. The van der Waals surface area contributed by atoms with Gasteiger partial charge in [0.2, 0.25) is 0 Å². The molecule has 4 nitrogen and oxygen atoms in total. The smallest absolute Gasteiger partial charge is 0.309 e. The van der Waals surface area contributed by atoms with Gasteiger partial charge < -0.3 is 10.2 Å². The number of carbonyl (C=O) groups is 2. The van der Waals surface area contributed by atoms with Crippen LogP contribution in [0.1, 0.15) is 66.2 Å². The molecule has 0 saturated heterocycles. The normalized spacial score (nSPS) is 45.4. The lowest BCUT2D eigenvalue weighted by Crippen LogP contribution is -2.57. The summed E-state index contributed by atoms with van der Waals surface area (Å²) in [4.78, 5) is 24.8. The number of Topliss-reactive ketones (excluding diaryl/α,β-unsaturated/α-hetero) is 1. The molecule has 2 saturated carbocycles. The van der Waals surface area contributed by atoms with Crippen molar-refractivity contribution in [3.63, 3.8) is 0 Å². The van der Waals surface area contributed by atoms with Crippen LogP contribution in [0.5, 0.6) is 0 Å². The minimum atomic E-state index is -0.907. The molecule has 0 aliphatic heterocycles. The molecule has 0 heterocycles. The number of aliphatic carboxylic acids is 1. The predicted octanol–water partition coefficient (Wildman–Crippen LogP) is 3.58. The highest BCUT2D eigenvalue weighted by Crippen LogP contribution is 2.62. The van der Waals surface area contributed by atoms with E-state index in [-0.39, 0.29) is 29.0 Å². The van der Waals surface area contributed by atoms with Gasteiger partial charge in [0.25, 0.3) is 0 Å². The number of allylic oxidation sites excluding steroid dienone is 1. The minimum Gasteiger partial charge on any atom is -0.481 e. The molecule has 0 aromatic heterocycles. The average Bonchev–Trinajstić information content (AvgIpc) is 2.49. The molecule has 134 valence electrons. The number of rotatable bonds is 2. The van der Waals surface area contributed by atoms with Crippen molar-refractivity contribution in [2.24, 2.45) is 28.6 Å². The number of hydrogen-bond donors (Lipinski definition) is 2. The molecule has 0 radical (unpaired) electrons. The Kier molecular flexibility index (Phi) is 3.99. The molecule has 0 spiro atoms. The van der Waals surface area contributed by atoms with Crippen LogP contribution >= 0.6 is 0 Å². The molecule has 0 amide bonds. The lowest BCUT2D eigenvalue weighted by molar-refractivity contribution is -0.166. The van der Waals surface area contributed by atoms with Gasteiger partial charge in [-0.25, -0.2) is 0 Å². The third-order valence-electron chi connectivity index (χ3n) is 7.59. The predicted molar refractivity (Wildman–Crippen MR) is 91.4 cm³/mol. The largest absolute Gasteiger partial charge is 0.481 e. The summed E-state index contributed by atoms with van der Waals surface area (Å²) >= 11 is 0. The van der Waals surface area contributed by atoms with Gasteiger partial charge >= 0.3 is 5.97 Å². The van der Waals surface area contributed by atoms with E-state index in [9.17, 15) is 19.8 Å². The van der Waals surface area contributed by atoms with Gasteiger partial charge in [-0.3, -0.25) is 9.59 Å². The quantitative estimate of drug-likeness (QED) is 0.809. The second kappa shape index (κ2) is 5.42. The summed E-state index contributed by atoms with van der Waals surface area (Å²) in [6, 6.07) is 0. The van der Waals surface area contributed by atoms with Crippen LogP contribution < -0.4 is 0 Å². The number of aliphatic hydroxyl groups is 1. The van der Waals surface area contributed by atoms with Gasteiger partial charge in [-0.2, -0.15) is 0 Å². The first-order chi connectivity index (χ1) is 11.0. The topological polar surface area (TPSA) is 74.6 Å². The van der Waals surface area contributed by atoms with Crippen LogP contribution in [0.3, 0.4) is 0 Å². The number of ketones is 1. The Morgan fingerprint density at radius 2 is 1.92 bits per heavy atom. The highest BCUT2D eigenvalue weighted by molar-refractivity contribution is 5.98. The molecule has 3 rings (SSSR count). The van der Waals surface area contributed by atoms with Crippen molar-refractivity contribution >= 4 is 11.8 Å². The van der Waals surface area contributed by atoms with Crippen LogP contribution in [0.2, 0.25) is 0 Å². The zero-order chi connectivity index (χ0) is 17.9. The van der Waals surface area contributed by atoms with Gasteiger partial charge in [0.15, 0.2) is 5.78 Å². The fraction of sp³-hybridized carbons (Fsp3) is 0.800. The van der Waals surface area contributed by atoms with Crippen molar-refractivity contribution in [3.8, 4) is 0 Å². The maximum atomic E-state index is 12.9. The molecule has 0 aromatic carbocycles. The van der Waals surface area contributed by atoms with Gasteiger partial charge in [0, 0.05) is 6.42 Å². The highest BCUT2D eigenvalue weighted by atomic mass is 16.4. The first-order valence-electron chi connectivity index (χ1n) is 9.26. The first-order valence-corrected chi connectivity index (χ1v) is 9.26. The monoisotopic (exact) mass is 334 g/mol. The molecule has 3 aliphatic rings. The van der Waals surface area contributed by atoms with Crippen LogP contribution in [0, 0.1) is 28.6 Å². The van der Waals surface area contributed by atoms with Crippen LogP contribution in [-0.2, 0) is 9.59 Å². The van der Waals surface area contributed by atoms with Gasteiger partial charge in [-0.15, -0.1) is 0 Å². The lowest BCUT2D eigenvalue weighted by atomic mass is 9.45. The molecule has 2 fully saturated rings. The van der Waals surface area contributed by atoms with E-state index in [1.165, 1.54) is 0 Å². The Morgan fingerprint density at radius 3 is 2.50 bits per heavy atom. The Bertz CT molecular complexity index is 607. The Labute approximate surface area is 144 Å². The van der Waals surface area contributed by atoms with Crippen LogP contribution in [0.25, 0.3) is 0 Å². The number of carboxylic acid groups (broad SMARTS) is 1. The fourth-order valence-corrected chi connectivity index (χ4v) is 5.74. The Hall–Kier alpha value is -1.16. The maximum Gasteiger partial charge on any atom is 0.309 e. The summed E-state index contributed by atoms with van der Waals surface area (Å²) in [6.45, 7) is 7.98.